The summed E-state index contributed by atoms with van der Waals surface area (Å²) in [5.74, 6) is -0.497. The zero-order valence-corrected chi connectivity index (χ0v) is 16.7. The maximum absolute atomic E-state index is 12.4. The van der Waals surface area contributed by atoms with Crippen molar-refractivity contribution in [3.05, 3.63) is 38.4 Å². The number of primary amides is 1. The van der Waals surface area contributed by atoms with Gasteiger partial charge in [0.1, 0.15) is 5.00 Å². The molecule has 3 N–H and O–H groups in total. The first-order valence-corrected chi connectivity index (χ1v) is 10.8. The molecule has 5 nitrogen and oxygen atoms in total. The second-order valence-electron chi connectivity index (χ2n) is 6.53. The van der Waals surface area contributed by atoms with Gasteiger partial charge in [0.2, 0.25) is 5.91 Å². The van der Waals surface area contributed by atoms with E-state index < -0.39 is 5.91 Å². The molecule has 7 heteroatoms. The number of aryl methyl sites for hydroxylation is 1. The molecule has 2 aromatic rings. The number of carbonyl (C=O) groups is 2. The summed E-state index contributed by atoms with van der Waals surface area (Å²) in [6.45, 7) is 4.55. The molecular weight excluding hydrogens is 366 g/mol. The molecule has 0 saturated carbocycles. The van der Waals surface area contributed by atoms with Gasteiger partial charge in [-0.25, -0.2) is 0 Å². The molecule has 2 amide bonds. The van der Waals surface area contributed by atoms with Crippen molar-refractivity contribution < 1.29 is 9.59 Å². The van der Waals surface area contributed by atoms with Crippen molar-refractivity contribution in [3.8, 4) is 0 Å². The van der Waals surface area contributed by atoms with Gasteiger partial charge < -0.3 is 11.1 Å². The Balaban J connectivity index is 1.61. The molecule has 140 valence electrons. The molecule has 0 unspecified atom stereocenters. The van der Waals surface area contributed by atoms with Crippen LogP contribution in [0.15, 0.2) is 17.5 Å². The molecule has 0 spiro atoms. The van der Waals surface area contributed by atoms with Crippen LogP contribution in [-0.2, 0) is 24.2 Å². The van der Waals surface area contributed by atoms with Gasteiger partial charge in [0.05, 0.1) is 5.56 Å². The van der Waals surface area contributed by atoms with E-state index in [1.807, 2.05) is 6.07 Å². The van der Waals surface area contributed by atoms with Crippen molar-refractivity contribution in [2.24, 2.45) is 5.73 Å². The quantitative estimate of drug-likeness (QED) is 0.721. The van der Waals surface area contributed by atoms with E-state index >= 15 is 0 Å². The van der Waals surface area contributed by atoms with Crippen LogP contribution in [0.5, 0.6) is 0 Å². The van der Waals surface area contributed by atoms with Gasteiger partial charge in [-0.15, -0.1) is 22.7 Å². The van der Waals surface area contributed by atoms with E-state index in [0.29, 0.717) is 23.5 Å². The highest BCUT2D eigenvalue weighted by molar-refractivity contribution is 7.17. The average Bonchev–Trinajstić information content (AvgIpc) is 3.25. The first-order valence-electron chi connectivity index (χ1n) is 9.07. The molecule has 0 aliphatic heterocycles. The monoisotopic (exact) mass is 391 g/mol. The van der Waals surface area contributed by atoms with Crippen molar-refractivity contribution in [3.63, 3.8) is 0 Å². The predicted molar refractivity (Wildman–Crippen MR) is 108 cm³/mol. The Morgan fingerprint density at radius 1 is 1.31 bits per heavy atom. The minimum atomic E-state index is -0.437. The van der Waals surface area contributed by atoms with Gasteiger partial charge in [-0.05, 0) is 49.2 Å². The van der Waals surface area contributed by atoms with Gasteiger partial charge in [0.15, 0.2) is 0 Å². The van der Waals surface area contributed by atoms with Crippen LogP contribution >= 0.6 is 22.7 Å². The van der Waals surface area contributed by atoms with E-state index in [0.717, 1.165) is 44.3 Å². The Labute approximate surface area is 162 Å². The van der Waals surface area contributed by atoms with Crippen LogP contribution < -0.4 is 11.1 Å². The van der Waals surface area contributed by atoms with Crippen LogP contribution in [0.4, 0.5) is 5.00 Å². The Morgan fingerprint density at radius 3 is 2.81 bits per heavy atom. The molecule has 0 bridgehead atoms. The summed E-state index contributed by atoms with van der Waals surface area (Å²) in [6.07, 6.45) is 4.46. The predicted octanol–water partition coefficient (Wildman–Crippen LogP) is 3.64. The third kappa shape index (κ3) is 4.52. The molecular formula is C19H25N3O2S2. The third-order valence-electron chi connectivity index (χ3n) is 4.73. The lowest BCUT2D eigenvalue weighted by Gasteiger charge is -2.19. The highest BCUT2D eigenvalue weighted by Gasteiger charge is 2.24. The molecule has 3 rings (SSSR count). The number of hydrogen-bond donors (Lipinski definition) is 2. The molecule has 0 aromatic carbocycles. The smallest absolute Gasteiger partial charge is 0.251 e. The lowest BCUT2D eigenvalue weighted by Crippen LogP contribution is -2.27. The van der Waals surface area contributed by atoms with Crippen molar-refractivity contribution in [1.82, 2.24) is 4.90 Å². The van der Waals surface area contributed by atoms with Crippen LogP contribution in [0.3, 0.4) is 0 Å². The highest BCUT2D eigenvalue weighted by Crippen LogP contribution is 2.37. The number of rotatable bonds is 8. The standard InChI is InChI=1S/C19H25N3O2S2/c1-2-22(12-13-6-5-11-25-13)10-9-16(23)21-19-17(18(20)24)14-7-3-4-8-15(14)26-19/h5-6,11H,2-4,7-10,12H2,1H3,(H2,20,24)(H,21,23). The maximum Gasteiger partial charge on any atom is 0.251 e. The third-order valence-corrected chi connectivity index (χ3v) is 6.80. The molecule has 0 atom stereocenters. The topological polar surface area (TPSA) is 75.4 Å². The summed E-state index contributed by atoms with van der Waals surface area (Å²) in [4.78, 5) is 29.1. The Hall–Kier alpha value is -1.70. The summed E-state index contributed by atoms with van der Waals surface area (Å²) in [6, 6.07) is 4.16. The number of thiophene rings is 2. The summed E-state index contributed by atoms with van der Waals surface area (Å²) in [5, 5.41) is 5.65. The van der Waals surface area contributed by atoms with Crippen molar-refractivity contribution >= 4 is 39.5 Å². The Bertz CT molecular complexity index is 768. The fourth-order valence-electron chi connectivity index (χ4n) is 3.34. The number of fused-ring (bicyclic) bond motifs is 1. The number of hydrogen-bond acceptors (Lipinski definition) is 5. The van der Waals surface area contributed by atoms with E-state index in [1.165, 1.54) is 21.1 Å². The van der Waals surface area contributed by atoms with Gasteiger partial charge in [0, 0.05) is 29.3 Å². The van der Waals surface area contributed by atoms with Crippen LogP contribution in [0.1, 0.15) is 51.9 Å². The molecule has 2 aromatic heterocycles. The summed E-state index contributed by atoms with van der Waals surface area (Å²) in [5.41, 5.74) is 7.17. The highest BCUT2D eigenvalue weighted by atomic mass is 32.1. The Morgan fingerprint density at radius 2 is 2.12 bits per heavy atom. The van der Waals surface area contributed by atoms with E-state index in [4.69, 9.17) is 5.73 Å². The molecule has 0 radical (unpaired) electrons. The molecule has 1 aliphatic carbocycles. The van der Waals surface area contributed by atoms with E-state index in [2.05, 4.69) is 28.6 Å². The number of amides is 2. The molecule has 0 fully saturated rings. The molecule has 1 aliphatic rings. The number of nitrogens with one attached hydrogen (secondary N) is 1. The average molecular weight is 392 g/mol. The van der Waals surface area contributed by atoms with Gasteiger partial charge in [-0.3, -0.25) is 14.5 Å². The number of carbonyl (C=O) groups excluding carboxylic acids is 2. The molecule has 0 saturated heterocycles. The number of nitrogens with two attached hydrogens (primary N) is 1. The van der Waals surface area contributed by atoms with Crippen LogP contribution in [0.25, 0.3) is 0 Å². The normalized spacial score (nSPS) is 13.6. The minimum Gasteiger partial charge on any atom is -0.365 e. The summed E-state index contributed by atoms with van der Waals surface area (Å²) >= 11 is 3.25. The lowest BCUT2D eigenvalue weighted by atomic mass is 9.95. The van der Waals surface area contributed by atoms with Gasteiger partial charge >= 0.3 is 0 Å². The van der Waals surface area contributed by atoms with Crippen molar-refractivity contribution in [2.75, 3.05) is 18.4 Å². The first-order chi connectivity index (χ1) is 12.6. The lowest BCUT2D eigenvalue weighted by molar-refractivity contribution is -0.116. The van der Waals surface area contributed by atoms with E-state index in [9.17, 15) is 9.59 Å². The largest absolute Gasteiger partial charge is 0.365 e. The maximum atomic E-state index is 12.4. The fourth-order valence-corrected chi connectivity index (χ4v) is 5.39. The first kappa shape index (κ1) is 19.1. The Kier molecular flexibility index (Phi) is 6.45. The van der Waals surface area contributed by atoms with Crippen molar-refractivity contribution in [1.29, 1.82) is 0 Å². The second kappa shape index (κ2) is 8.79. The second-order valence-corrected chi connectivity index (χ2v) is 8.66. The number of nitrogens with zero attached hydrogens (tertiary/aromatic N) is 1. The summed E-state index contributed by atoms with van der Waals surface area (Å²) in [7, 11) is 0. The number of anilines is 1. The van der Waals surface area contributed by atoms with Gasteiger partial charge in [0.25, 0.3) is 5.91 Å². The zero-order chi connectivity index (χ0) is 18.5. The fraction of sp³-hybridized carbons (Fsp3) is 0.474. The molecule has 26 heavy (non-hydrogen) atoms. The van der Waals surface area contributed by atoms with Crippen LogP contribution in [0, 0.1) is 0 Å². The summed E-state index contributed by atoms with van der Waals surface area (Å²) < 4.78 is 0. The zero-order valence-electron chi connectivity index (χ0n) is 15.0. The SMILES string of the molecule is CCN(CCC(=O)Nc1sc2c(c1C(N)=O)CCCC2)Cc1cccs1. The van der Waals surface area contributed by atoms with Gasteiger partial charge in [-0.1, -0.05) is 13.0 Å². The van der Waals surface area contributed by atoms with E-state index in [1.54, 1.807) is 11.3 Å². The van der Waals surface area contributed by atoms with Crippen LogP contribution in [-0.4, -0.2) is 29.8 Å². The molecule has 2 heterocycles. The van der Waals surface area contributed by atoms with Crippen molar-refractivity contribution in [2.45, 2.75) is 45.6 Å². The van der Waals surface area contributed by atoms with E-state index in [-0.39, 0.29) is 5.91 Å². The minimum absolute atomic E-state index is 0.0595. The van der Waals surface area contributed by atoms with Gasteiger partial charge in [-0.2, -0.15) is 0 Å². The van der Waals surface area contributed by atoms with Crippen LogP contribution in [0.2, 0.25) is 0 Å².